The molecular weight excluding hydrogens is 567 g/mol. The molecule has 3 aromatic heterocycles. The maximum absolute atomic E-state index is 14.2. The summed E-state index contributed by atoms with van der Waals surface area (Å²) in [6.45, 7) is 7.49. The number of thioether (sulfide) groups is 1. The zero-order valence-electron chi connectivity index (χ0n) is 22.0. The molecule has 3 N–H and O–H groups in total. The summed E-state index contributed by atoms with van der Waals surface area (Å²) < 4.78 is 49.7. The molecule has 1 aromatic carbocycles. The Labute approximate surface area is 231 Å². The lowest BCUT2D eigenvalue weighted by Crippen LogP contribution is -2.25. The van der Waals surface area contributed by atoms with E-state index in [0.29, 0.717) is 18.0 Å². The normalized spacial score (nSPS) is 12.2. The molecule has 0 fully saturated rings. The van der Waals surface area contributed by atoms with Crippen LogP contribution < -0.4 is 10.9 Å². The zero-order valence-corrected chi connectivity index (χ0v) is 23.8. The molecule has 4 rings (SSSR count). The smallest absolute Gasteiger partial charge is 0.419 e. The standard InChI is InChI=1S/C24H26F3N7O4SSi/c1-39-23-30-21(36)18(22(37)31-23)20(35)29-16-8-7-14-13(19(16)24(25,26)27)5-6-15(28-14)17-11-34(33-32-17)12-38-9-10-40(2,3)4/h5-8,11H,9-10,12H2,1-4H3,(H,29,35)(H2,30,31,36,37). The molecule has 0 bridgehead atoms. The predicted octanol–water partition coefficient (Wildman–Crippen LogP) is 4.59. The van der Waals surface area contributed by atoms with Crippen LogP contribution in [0.1, 0.15) is 15.9 Å². The van der Waals surface area contributed by atoms with Gasteiger partial charge in [-0.05, 0) is 36.6 Å². The van der Waals surface area contributed by atoms with Gasteiger partial charge in [0.2, 0.25) is 5.88 Å². The molecule has 16 heteroatoms. The molecule has 4 aromatic rings. The summed E-state index contributed by atoms with van der Waals surface area (Å²) >= 11 is 1.01. The lowest BCUT2D eigenvalue weighted by Gasteiger charge is -2.16. The Morgan fingerprint density at radius 3 is 2.58 bits per heavy atom. The molecule has 40 heavy (non-hydrogen) atoms. The van der Waals surface area contributed by atoms with Crippen molar-refractivity contribution in [1.82, 2.24) is 29.9 Å². The molecule has 0 atom stereocenters. The van der Waals surface area contributed by atoms with E-state index < -0.39 is 48.4 Å². The number of aromatic nitrogens is 6. The third-order valence-corrected chi connectivity index (χ3v) is 8.01. The van der Waals surface area contributed by atoms with E-state index in [2.05, 4.69) is 50.2 Å². The number of benzene rings is 1. The molecule has 3 heterocycles. The van der Waals surface area contributed by atoms with Crippen LogP contribution in [0.5, 0.6) is 5.88 Å². The Balaban J connectivity index is 1.62. The first kappa shape index (κ1) is 29.2. The van der Waals surface area contributed by atoms with E-state index in [1.54, 1.807) is 12.5 Å². The van der Waals surface area contributed by atoms with Gasteiger partial charge in [-0.25, -0.2) is 9.67 Å². The van der Waals surface area contributed by atoms with Crippen molar-refractivity contribution in [1.29, 1.82) is 0 Å². The van der Waals surface area contributed by atoms with E-state index >= 15 is 0 Å². The fourth-order valence-corrected chi connectivity index (χ4v) is 4.83. The van der Waals surface area contributed by atoms with Gasteiger partial charge in [0.25, 0.3) is 11.5 Å². The third kappa shape index (κ3) is 6.68. The number of pyridine rings is 1. The van der Waals surface area contributed by atoms with Gasteiger partial charge >= 0.3 is 6.18 Å². The summed E-state index contributed by atoms with van der Waals surface area (Å²) in [6, 6.07) is 5.90. The minimum atomic E-state index is -4.89. The number of H-pyrrole nitrogens is 1. The fourth-order valence-electron chi connectivity index (χ4n) is 3.70. The Hall–Kier alpha value is -3.76. The summed E-state index contributed by atoms with van der Waals surface area (Å²) in [6.07, 6.45) is -1.73. The highest BCUT2D eigenvalue weighted by molar-refractivity contribution is 7.98. The van der Waals surface area contributed by atoms with Gasteiger partial charge in [-0.2, -0.15) is 18.2 Å². The lowest BCUT2D eigenvalue weighted by molar-refractivity contribution is -0.135. The quantitative estimate of drug-likeness (QED) is 0.110. The van der Waals surface area contributed by atoms with E-state index in [1.807, 2.05) is 0 Å². The topological polar surface area (TPSA) is 148 Å². The van der Waals surface area contributed by atoms with Crippen LogP contribution in [0.4, 0.5) is 18.9 Å². The molecule has 212 valence electrons. The molecule has 1 amide bonds. The highest BCUT2D eigenvalue weighted by atomic mass is 32.2. The van der Waals surface area contributed by atoms with E-state index in [-0.39, 0.29) is 22.8 Å². The number of aromatic amines is 1. The Kier molecular flexibility index (Phi) is 8.32. The molecule has 0 radical (unpaired) electrons. The van der Waals surface area contributed by atoms with E-state index in [4.69, 9.17) is 4.74 Å². The van der Waals surface area contributed by atoms with Gasteiger partial charge in [-0.3, -0.25) is 9.59 Å². The summed E-state index contributed by atoms with van der Waals surface area (Å²) in [4.78, 5) is 35.2. The van der Waals surface area contributed by atoms with Crippen LogP contribution in [0, 0.1) is 0 Å². The first-order valence-electron chi connectivity index (χ1n) is 11.9. The Morgan fingerprint density at radius 2 is 1.93 bits per heavy atom. The van der Waals surface area contributed by atoms with E-state index in [9.17, 15) is 27.9 Å². The number of carbonyl (C=O) groups is 1. The van der Waals surface area contributed by atoms with Gasteiger partial charge < -0.3 is 20.1 Å². The largest absolute Gasteiger partial charge is 0.493 e. The van der Waals surface area contributed by atoms with Crippen molar-refractivity contribution >= 4 is 42.3 Å². The first-order chi connectivity index (χ1) is 18.8. The number of amides is 1. The van der Waals surface area contributed by atoms with Crippen LogP contribution in [0.3, 0.4) is 0 Å². The number of hydrogen-bond donors (Lipinski definition) is 3. The van der Waals surface area contributed by atoms with Crippen molar-refractivity contribution in [3.63, 3.8) is 0 Å². The van der Waals surface area contributed by atoms with Crippen LogP contribution in [0.25, 0.3) is 22.3 Å². The van der Waals surface area contributed by atoms with Crippen molar-refractivity contribution < 1.29 is 27.8 Å². The van der Waals surface area contributed by atoms with Gasteiger partial charge in [0.15, 0.2) is 10.7 Å². The summed E-state index contributed by atoms with van der Waals surface area (Å²) in [5.74, 6) is -2.15. The lowest BCUT2D eigenvalue weighted by atomic mass is 10.0. The van der Waals surface area contributed by atoms with Crippen molar-refractivity contribution in [3.8, 4) is 17.3 Å². The minimum absolute atomic E-state index is 0.00422. The first-order valence-corrected chi connectivity index (χ1v) is 16.9. The van der Waals surface area contributed by atoms with E-state index in [1.165, 1.54) is 22.9 Å². The summed E-state index contributed by atoms with van der Waals surface area (Å²) in [5.41, 5.74) is -2.96. The second-order valence-corrected chi connectivity index (χ2v) is 16.4. The van der Waals surface area contributed by atoms with Gasteiger partial charge in [0.05, 0.1) is 28.7 Å². The number of ether oxygens (including phenoxy) is 1. The Morgan fingerprint density at radius 1 is 1.18 bits per heavy atom. The molecule has 0 saturated heterocycles. The SMILES string of the molecule is CSc1nc(O)c(C(=O)Nc2ccc3nc(-c4cn(COCC[Si](C)(C)C)nn4)ccc3c2C(F)(F)F)c(=O)[nH]1. The summed E-state index contributed by atoms with van der Waals surface area (Å²) in [5, 5.41) is 19.9. The number of carbonyl (C=O) groups excluding carboxylic acids is 1. The predicted molar refractivity (Wildman–Crippen MR) is 146 cm³/mol. The van der Waals surface area contributed by atoms with Crippen molar-refractivity contribution in [3.05, 3.63) is 51.9 Å². The number of aromatic hydroxyl groups is 1. The van der Waals surface area contributed by atoms with Crippen LogP contribution in [0.2, 0.25) is 25.7 Å². The van der Waals surface area contributed by atoms with Crippen LogP contribution in [0.15, 0.2) is 40.4 Å². The van der Waals surface area contributed by atoms with Crippen molar-refractivity contribution in [2.75, 3.05) is 18.2 Å². The maximum atomic E-state index is 14.2. The molecule has 11 nitrogen and oxygen atoms in total. The number of anilines is 1. The molecular formula is C24H26F3N7O4SSi. The molecule has 0 spiro atoms. The summed E-state index contributed by atoms with van der Waals surface area (Å²) in [7, 11) is -1.24. The average molecular weight is 594 g/mol. The number of alkyl halides is 3. The second kappa shape index (κ2) is 11.4. The molecule has 0 unspecified atom stereocenters. The van der Waals surface area contributed by atoms with Crippen LogP contribution >= 0.6 is 11.8 Å². The number of halogens is 3. The number of nitrogens with zero attached hydrogens (tertiary/aromatic N) is 5. The van der Waals surface area contributed by atoms with Crippen molar-refractivity contribution in [2.24, 2.45) is 0 Å². The van der Waals surface area contributed by atoms with Crippen LogP contribution in [-0.2, 0) is 17.6 Å². The zero-order chi connectivity index (χ0) is 29.2. The second-order valence-electron chi connectivity index (χ2n) is 9.97. The van der Waals surface area contributed by atoms with Crippen molar-refractivity contribution in [2.45, 2.75) is 43.7 Å². The number of fused-ring (bicyclic) bond motifs is 1. The highest BCUT2D eigenvalue weighted by Crippen LogP contribution is 2.40. The third-order valence-electron chi connectivity index (χ3n) is 5.72. The molecule has 0 aliphatic carbocycles. The van der Waals surface area contributed by atoms with Gasteiger partial charge in [0.1, 0.15) is 12.4 Å². The minimum Gasteiger partial charge on any atom is -0.493 e. The molecule has 0 aliphatic heterocycles. The van der Waals surface area contributed by atoms with Gasteiger partial charge in [-0.15, -0.1) is 5.10 Å². The van der Waals surface area contributed by atoms with Crippen LogP contribution in [-0.4, -0.2) is 61.9 Å². The Bertz CT molecular complexity index is 1620. The maximum Gasteiger partial charge on any atom is 0.419 e. The van der Waals surface area contributed by atoms with E-state index in [0.717, 1.165) is 23.9 Å². The number of nitrogens with one attached hydrogen (secondary N) is 2. The highest BCUT2D eigenvalue weighted by Gasteiger charge is 2.37. The van der Waals surface area contributed by atoms with Gasteiger partial charge in [0, 0.05) is 20.1 Å². The number of rotatable bonds is 9. The monoisotopic (exact) mass is 593 g/mol. The molecule has 0 saturated carbocycles. The van der Waals surface area contributed by atoms with Gasteiger partial charge in [-0.1, -0.05) is 36.6 Å². The average Bonchev–Trinajstić information content (AvgIpc) is 3.33. The fraction of sp³-hybridized carbons (Fsp3) is 0.333. The molecule has 0 aliphatic rings. The number of hydrogen-bond acceptors (Lipinski definition) is 9.